The van der Waals surface area contributed by atoms with Crippen LogP contribution >= 0.6 is 0 Å². The standard InChI is InChI=1S/C13H18F2N2/c1-16-7-5-11(6-8-16)17(2)13-9-10(14)3-4-12(13)15/h3-4,9,11H,5-8H2,1-2H3. The number of anilines is 1. The number of hydrogen-bond donors (Lipinski definition) is 0. The maximum absolute atomic E-state index is 13.6. The van der Waals surface area contributed by atoms with Gasteiger partial charge in [0.25, 0.3) is 0 Å². The number of likely N-dealkylation sites (tertiary alicyclic amines) is 1. The second-order valence-corrected chi connectivity index (χ2v) is 4.74. The molecule has 0 amide bonds. The molecular weight excluding hydrogens is 222 g/mol. The third-order valence-electron chi connectivity index (χ3n) is 3.52. The Morgan fingerprint density at radius 3 is 2.53 bits per heavy atom. The van der Waals surface area contributed by atoms with Crippen molar-refractivity contribution in [1.82, 2.24) is 4.90 Å². The minimum atomic E-state index is -0.388. The lowest BCUT2D eigenvalue weighted by atomic mass is 10.0. The second-order valence-electron chi connectivity index (χ2n) is 4.74. The van der Waals surface area contributed by atoms with Gasteiger partial charge in [0.05, 0.1) is 5.69 Å². The van der Waals surface area contributed by atoms with Crippen molar-refractivity contribution in [2.75, 3.05) is 32.1 Å². The first-order valence-corrected chi connectivity index (χ1v) is 5.94. The van der Waals surface area contributed by atoms with Gasteiger partial charge in [0, 0.05) is 19.2 Å². The third kappa shape index (κ3) is 2.75. The average molecular weight is 240 g/mol. The zero-order chi connectivity index (χ0) is 12.4. The van der Waals surface area contributed by atoms with E-state index in [1.54, 1.807) is 0 Å². The first-order chi connectivity index (χ1) is 8.08. The molecule has 0 bridgehead atoms. The Kier molecular flexibility index (Phi) is 3.62. The summed E-state index contributed by atoms with van der Waals surface area (Å²) in [7, 11) is 3.92. The lowest BCUT2D eigenvalue weighted by Crippen LogP contribution is -2.42. The highest BCUT2D eigenvalue weighted by Crippen LogP contribution is 2.25. The molecule has 1 fully saturated rings. The van der Waals surface area contributed by atoms with Gasteiger partial charge in [-0.3, -0.25) is 0 Å². The van der Waals surface area contributed by atoms with Gasteiger partial charge in [-0.15, -0.1) is 0 Å². The molecular formula is C13H18F2N2. The highest BCUT2D eigenvalue weighted by molar-refractivity contribution is 5.48. The van der Waals surface area contributed by atoms with Crippen LogP contribution in [0.4, 0.5) is 14.5 Å². The highest BCUT2D eigenvalue weighted by Gasteiger charge is 2.22. The van der Waals surface area contributed by atoms with Crippen molar-refractivity contribution in [3.8, 4) is 0 Å². The summed E-state index contributed by atoms with van der Waals surface area (Å²) in [4.78, 5) is 4.12. The van der Waals surface area contributed by atoms with Gasteiger partial charge in [0.15, 0.2) is 0 Å². The molecule has 17 heavy (non-hydrogen) atoms. The summed E-state index contributed by atoms with van der Waals surface area (Å²) in [6.07, 6.45) is 1.98. The third-order valence-corrected chi connectivity index (χ3v) is 3.52. The summed E-state index contributed by atoms with van der Waals surface area (Å²) in [5, 5.41) is 0. The molecule has 0 atom stereocenters. The van der Waals surface area contributed by atoms with E-state index >= 15 is 0 Å². The van der Waals surface area contributed by atoms with Crippen molar-refractivity contribution in [2.24, 2.45) is 0 Å². The molecule has 1 heterocycles. The quantitative estimate of drug-likeness (QED) is 0.783. The van der Waals surface area contributed by atoms with Crippen molar-refractivity contribution >= 4 is 5.69 Å². The molecule has 1 aromatic carbocycles. The Morgan fingerprint density at radius 1 is 1.24 bits per heavy atom. The molecule has 2 rings (SSSR count). The molecule has 1 aromatic rings. The fourth-order valence-electron chi connectivity index (χ4n) is 2.34. The maximum atomic E-state index is 13.6. The topological polar surface area (TPSA) is 6.48 Å². The van der Waals surface area contributed by atoms with Crippen LogP contribution in [0.2, 0.25) is 0 Å². The number of rotatable bonds is 2. The summed E-state index contributed by atoms with van der Waals surface area (Å²) in [5.41, 5.74) is 0.361. The Hall–Kier alpha value is -1.16. The summed E-state index contributed by atoms with van der Waals surface area (Å²) >= 11 is 0. The van der Waals surface area contributed by atoms with Crippen LogP contribution in [0, 0.1) is 11.6 Å². The van der Waals surface area contributed by atoms with E-state index in [4.69, 9.17) is 0 Å². The fourth-order valence-corrected chi connectivity index (χ4v) is 2.34. The molecule has 0 saturated carbocycles. The summed E-state index contributed by atoms with van der Waals surface area (Å²) in [6, 6.07) is 3.91. The number of piperidine rings is 1. The van der Waals surface area contributed by atoms with Crippen molar-refractivity contribution in [3.63, 3.8) is 0 Å². The van der Waals surface area contributed by atoms with Crippen LogP contribution in [0.3, 0.4) is 0 Å². The van der Waals surface area contributed by atoms with Gasteiger partial charge in [-0.2, -0.15) is 0 Å². The van der Waals surface area contributed by atoms with Crippen LogP contribution in [0.1, 0.15) is 12.8 Å². The minimum absolute atomic E-state index is 0.294. The first-order valence-electron chi connectivity index (χ1n) is 5.94. The van der Waals surface area contributed by atoms with E-state index in [9.17, 15) is 8.78 Å². The Balaban J connectivity index is 2.13. The lowest BCUT2D eigenvalue weighted by molar-refractivity contribution is 0.252. The Morgan fingerprint density at radius 2 is 1.88 bits per heavy atom. The maximum Gasteiger partial charge on any atom is 0.146 e. The molecule has 1 aliphatic heterocycles. The monoisotopic (exact) mass is 240 g/mol. The molecule has 0 radical (unpaired) electrons. The number of benzene rings is 1. The molecule has 1 saturated heterocycles. The molecule has 94 valence electrons. The van der Waals surface area contributed by atoms with Crippen molar-refractivity contribution in [2.45, 2.75) is 18.9 Å². The van der Waals surface area contributed by atoms with Gasteiger partial charge < -0.3 is 9.80 Å². The van der Waals surface area contributed by atoms with Crippen molar-refractivity contribution in [3.05, 3.63) is 29.8 Å². The van der Waals surface area contributed by atoms with Crippen LogP contribution < -0.4 is 4.90 Å². The van der Waals surface area contributed by atoms with Gasteiger partial charge in [0.2, 0.25) is 0 Å². The van der Waals surface area contributed by atoms with Gasteiger partial charge in [-0.05, 0) is 45.1 Å². The molecule has 0 aliphatic carbocycles. The molecule has 0 aromatic heterocycles. The second kappa shape index (κ2) is 5.00. The molecule has 0 spiro atoms. The highest BCUT2D eigenvalue weighted by atomic mass is 19.1. The van der Waals surface area contributed by atoms with E-state index in [0.29, 0.717) is 11.7 Å². The van der Waals surface area contributed by atoms with Crippen LogP contribution in [0.25, 0.3) is 0 Å². The van der Waals surface area contributed by atoms with Crippen LogP contribution in [-0.4, -0.2) is 38.1 Å². The summed E-state index contributed by atoms with van der Waals surface area (Å²) in [5.74, 6) is -0.742. The SMILES string of the molecule is CN1CCC(N(C)c2cc(F)ccc2F)CC1. The Labute approximate surface area is 101 Å². The van der Waals surface area contributed by atoms with Crippen LogP contribution in [0.15, 0.2) is 18.2 Å². The van der Waals surface area contributed by atoms with Gasteiger partial charge in [-0.1, -0.05) is 0 Å². The zero-order valence-electron chi connectivity index (χ0n) is 10.3. The van der Waals surface area contributed by atoms with E-state index in [1.807, 2.05) is 11.9 Å². The largest absolute Gasteiger partial charge is 0.369 e. The van der Waals surface area contributed by atoms with E-state index < -0.39 is 0 Å². The molecule has 0 unspecified atom stereocenters. The Bertz CT molecular complexity index is 387. The lowest BCUT2D eigenvalue weighted by Gasteiger charge is -2.36. The summed E-state index contributed by atoms with van der Waals surface area (Å²) < 4.78 is 26.8. The van der Waals surface area contributed by atoms with E-state index in [2.05, 4.69) is 11.9 Å². The smallest absolute Gasteiger partial charge is 0.146 e. The van der Waals surface area contributed by atoms with E-state index in [0.717, 1.165) is 32.0 Å². The van der Waals surface area contributed by atoms with E-state index in [1.165, 1.54) is 12.1 Å². The van der Waals surface area contributed by atoms with Gasteiger partial charge in [0.1, 0.15) is 11.6 Å². The van der Waals surface area contributed by atoms with Crippen LogP contribution in [0.5, 0.6) is 0 Å². The number of halogens is 2. The van der Waals surface area contributed by atoms with Crippen molar-refractivity contribution in [1.29, 1.82) is 0 Å². The molecule has 2 nitrogen and oxygen atoms in total. The molecule has 0 N–H and O–H groups in total. The van der Waals surface area contributed by atoms with Gasteiger partial charge in [-0.25, -0.2) is 8.78 Å². The van der Waals surface area contributed by atoms with Crippen molar-refractivity contribution < 1.29 is 8.78 Å². The number of nitrogens with zero attached hydrogens (tertiary/aromatic N) is 2. The first kappa shape index (κ1) is 12.3. The normalized spacial score (nSPS) is 18.4. The predicted molar refractivity (Wildman–Crippen MR) is 65.3 cm³/mol. The summed E-state index contributed by atoms with van der Waals surface area (Å²) in [6.45, 7) is 2.01. The molecule has 1 aliphatic rings. The zero-order valence-corrected chi connectivity index (χ0v) is 10.3. The minimum Gasteiger partial charge on any atom is -0.369 e. The molecule has 4 heteroatoms. The average Bonchev–Trinajstić information content (AvgIpc) is 2.32. The number of hydrogen-bond acceptors (Lipinski definition) is 2. The van der Waals surface area contributed by atoms with Crippen LogP contribution in [-0.2, 0) is 0 Å². The fraction of sp³-hybridized carbons (Fsp3) is 0.538. The van der Waals surface area contributed by atoms with Gasteiger partial charge >= 0.3 is 0 Å². The predicted octanol–water partition coefficient (Wildman–Crippen LogP) is 2.50. The van der Waals surface area contributed by atoms with E-state index in [-0.39, 0.29) is 11.6 Å².